The van der Waals surface area contributed by atoms with Crippen molar-refractivity contribution in [2.75, 3.05) is 11.6 Å². The molecule has 0 saturated heterocycles. The van der Waals surface area contributed by atoms with Gasteiger partial charge < -0.3 is 14.8 Å². The van der Waals surface area contributed by atoms with Crippen molar-refractivity contribution in [1.29, 1.82) is 0 Å². The van der Waals surface area contributed by atoms with E-state index in [1.54, 1.807) is 16.7 Å². The molecule has 4 aromatic rings. The van der Waals surface area contributed by atoms with Gasteiger partial charge in [0.15, 0.2) is 0 Å². The summed E-state index contributed by atoms with van der Waals surface area (Å²) < 4.78 is 29.8. The van der Waals surface area contributed by atoms with Crippen molar-refractivity contribution < 1.29 is 13.6 Å². The molecule has 0 radical (unpaired) electrons. The fourth-order valence-corrected chi connectivity index (χ4v) is 4.66. The van der Waals surface area contributed by atoms with Crippen LogP contribution in [0.15, 0.2) is 90.0 Å². The highest BCUT2D eigenvalue weighted by molar-refractivity contribution is 7.98. The summed E-state index contributed by atoms with van der Waals surface area (Å²) >= 11 is 1.65. The van der Waals surface area contributed by atoms with Crippen molar-refractivity contribution in [1.82, 2.24) is 9.47 Å². The van der Waals surface area contributed by atoms with Crippen LogP contribution in [0.5, 0.6) is 0 Å². The molecule has 0 aliphatic carbocycles. The molecule has 1 aromatic heterocycles. The van der Waals surface area contributed by atoms with Gasteiger partial charge in [-0.15, -0.1) is 11.8 Å². The number of fused-ring (bicyclic) bond motifs is 3. The number of amides is 2. The minimum atomic E-state index is -0.817. The first-order valence-electron chi connectivity index (χ1n) is 10.5. The van der Waals surface area contributed by atoms with Crippen LogP contribution in [0.4, 0.5) is 19.3 Å². The predicted octanol–water partition coefficient (Wildman–Crippen LogP) is 6.61. The van der Waals surface area contributed by atoms with E-state index in [2.05, 4.69) is 9.88 Å². The lowest BCUT2D eigenvalue weighted by molar-refractivity contribution is 0.194. The number of nitrogens with one attached hydrogen (secondary N) is 1. The van der Waals surface area contributed by atoms with E-state index >= 15 is 0 Å². The molecular formula is C26H21F2N3OS. The minimum absolute atomic E-state index is 0.0641. The van der Waals surface area contributed by atoms with Crippen LogP contribution >= 0.6 is 11.8 Å². The maximum Gasteiger partial charge on any atom is 0.323 e. The maximum atomic E-state index is 14.3. The summed E-state index contributed by atoms with van der Waals surface area (Å²) in [5.74, 6) is -1.51. The van der Waals surface area contributed by atoms with Crippen LogP contribution in [0.2, 0.25) is 0 Å². The molecular weight excluding hydrogens is 440 g/mol. The topological polar surface area (TPSA) is 37.3 Å². The predicted molar refractivity (Wildman–Crippen MR) is 127 cm³/mol. The molecule has 0 fully saturated rings. The first-order chi connectivity index (χ1) is 16.0. The van der Waals surface area contributed by atoms with Gasteiger partial charge in [0.2, 0.25) is 0 Å². The summed E-state index contributed by atoms with van der Waals surface area (Å²) in [6.45, 7) is 0.321. The highest BCUT2D eigenvalue weighted by atomic mass is 32.2. The Kier molecular flexibility index (Phi) is 5.64. The molecule has 1 aliphatic heterocycles. The molecule has 166 valence electrons. The zero-order valence-corrected chi connectivity index (χ0v) is 18.7. The number of rotatable bonds is 3. The van der Waals surface area contributed by atoms with Crippen LogP contribution < -0.4 is 5.32 Å². The highest BCUT2D eigenvalue weighted by Gasteiger charge is 2.33. The van der Waals surface area contributed by atoms with Crippen molar-refractivity contribution in [3.8, 4) is 5.69 Å². The number of para-hydroxylation sites is 1. The summed E-state index contributed by atoms with van der Waals surface area (Å²) in [6, 6.07) is 22.2. The van der Waals surface area contributed by atoms with Crippen LogP contribution in [0.25, 0.3) is 5.69 Å². The number of hydrogen-bond acceptors (Lipinski definition) is 2. The number of thioether (sulfide) groups is 1. The van der Waals surface area contributed by atoms with Crippen molar-refractivity contribution >= 4 is 23.5 Å². The van der Waals surface area contributed by atoms with Gasteiger partial charge in [-0.3, -0.25) is 0 Å². The summed E-state index contributed by atoms with van der Waals surface area (Å²) in [5, 5.41) is 2.64. The van der Waals surface area contributed by atoms with Crippen molar-refractivity contribution in [3.05, 3.63) is 114 Å². The first kappa shape index (κ1) is 21.3. The van der Waals surface area contributed by atoms with Gasteiger partial charge in [0, 0.05) is 22.9 Å². The molecule has 0 bridgehead atoms. The zero-order chi connectivity index (χ0) is 22.9. The Morgan fingerprint density at radius 2 is 1.79 bits per heavy atom. The summed E-state index contributed by atoms with van der Waals surface area (Å²) in [4.78, 5) is 16.4. The summed E-state index contributed by atoms with van der Waals surface area (Å²) in [6.07, 6.45) is 4.00. The molecule has 33 heavy (non-hydrogen) atoms. The van der Waals surface area contributed by atoms with Gasteiger partial charge in [-0.2, -0.15) is 0 Å². The third kappa shape index (κ3) is 4.00. The number of carbonyl (C=O) groups excluding carboxylic acids is 1. The third-order valence-corrected chi connectivity index (χ3v) is 6.57. The average Bonchev–Trinajstić information content (AvgIpc) is 3.25. The Hall–Kier alpha value is -3.58. The van der Waals surface area contributed by atoms with E-state index in [4.69, 9.17) is 0 Å². The standard InChI is InChI=1S/C26H21F2N3OS/c1-33-20-11-8-17(9-12-20)25-24-7-4-14-30(24)23-6-3-2-5-18(23)16-31(25)26(32)29-22-13-10-19(27)15-21(22)28/h2-15,25H,16H2,1H3,(H,29,32)/t25-/m0/s1. The molecule has 5 rings (SSSR count). The number of carbonyl (C=O) groups is 1. The molecule has 7 heteroatoms. The zero-order valence-electron chi connectivity index (χ0n) is 17.8. The van der Waals surface area contributed by atoms with Crippen LogP contribution in [0.1, 0.15) is 22.9 Å². The molecule has 0 unspecified atom stereocenters. The summed E-state index contributed by atoms with van der Waals surface area (Å²) in [7, 11) is 0. The molecule has 1 atom stereocenters. The van der Waals surface area contributed by atoms with Gasteiger partial charge in [-0.1, -0.05) is 30.3 Å². The monoisotopic (exact) mass is 461 g/mol. The molecule has 0 saturated carbocycles. The van der Waals surface area contributed by atoms with Crippen LogP contribution in [-0.4, -0.2) is 21.8 Å². The maximum absolute atomic E-state index is 14.3. The van der Waals surface area contributed by atoms with E-state index in [0.717, 1.165) is 39.5 Å². The van der Waals surface area contributed by atoms with Gasteiger partial charge in [0.1, 0.15) is 11.6 Å². The second-order valence-corrected chi connectivity index (χ2v) is 8.67. The lowest BCUT2D eigenvalue weighted by Gasteiger charge is -2.31. The quantitative estimate of drug-likeness (QED) is 0.349. The Morgan fingerprint density at radius 3 is 2.55 bits per heavy atom. The highest BCUT2D eigenvalue weighted by Crippen LogP contribution is 2.37. The van der Waals surface area contributed by atoms with Gasteiger partial charge in [0.05, 0.1) is 24.0 Å². The number of halogens is 2. The van der Waals surface area contributed by atoms with E-state index in [0.29, 0.717) is 6.54 Å². The normalized spacial score (nSPS) is 14.9. The lowest BCUT2D eigenvalue weighted by Crippen LogP contribution is -2.38. The molecule has 0 spiro atoms. The summed E-state index contributed by atoms with van der Waals surface area (Å²) in [5.41, 5.74) is 3.76. The number of nitrogens with zero attached hydrogens (tertiary/aromatic N) is 2. The van der Waals surface area contributed by atoms with Crippen molar-refractivity contribution in [3.63, 3.8) is 0 Å². The second kappa shape index (κ2) is 8.75. The second-order valence-electron chi connectivity index (χ2n) is 7.79. The van der Waals surface area contributed by atoms with E-state index in [1.165, 1.54) is 6.07 Å². The third-order valence-electron chi connectivity index (χ3n) is 5.83. The molecule has 4 nitrogen and oxygen atoms in total. The average molecular weight is 462 g/mol. The van der Waals surface area contributed by atoms with Crippen LogP contribution in [0.3, 0.4) is 0 Å². The van der Waals surface area contributed by atoms with Gasteiger partial charge in [0.25, 0.3) is 0 Å². The van der Waals surface area contributed by atoms with Gasteiger partial charge >= 0.3 is 6.03 Å². The lowest BCUT2D eigenvalue weighted by atomic mass is 10.0. The number of benzene rings is 3. The molecule has 1 N–H and O–H groups in total. The van der Waals surface area contributed by atoms with Gasteiger partial charge in [-0.25, -0.2) is 13.6 Å². The molecule has 2 amide bonds. The fourth-order valence-electron chi connectivity index (χ4n) is 4.25. The van der Waals surface area contributed by atoms with Crippen molar-refractivity contribution in [2.45, 2.75) is 17.5 Å². The minimum Gasteiger partial charge on any atom is -0.318 e. The fraction of sp³-hybridized carbons (Fsp3) is 0.115. The van der Waals surface area contributed by atoms with E-state index in [-0.39, 0.29) is 5.69 Å². The van der Waals surface area contributed by atoms with Crippen LogP contribution in [-0.2, 0) is 6.54 Å². The van der Waals surface area contributed by atoms with E-state index in [1.807, 2.05) is 73.1 Å². The smallest absolute Gasteiger partial charge is 0.318 e. The Morgan fingerprint density at radius 1 is 1.00 bits per heavy atom. The van der Waals surface area contributed by atoms with Gasteiger partial charge in [-0.05, 0) is 59.8 Å². The first-order valence-corrected chi connectivity index (χ1v) is 11.7. The Labute approximate surface area is 194 Å². The molecule has 3 aromatic carbocycles. The SMILES string of the molecule is CSc1ccc([C@H]2c3cccn3-c3ccccc3CN2C(=O)Nc2ccc(F)cc2F)cc1. The Balaban J connectivity index is 1.62. The number of anilines is 1. The number of aromatic nitrogens is 1. The Bertz CT molecular complexity index is 1320. The molecule has 1 aliphatic rings. The number of hydrogen-bond donors (Lipinski definition) is 1. The number of urea groups is 1. The largest absolute Gasteiger partial charge is 0.323 e. The van der Waals surface area contributed by atoms with Crippen LogP contribution in [0, 0.1) is 11.6 Å². The van der Waals surface area contributed by atoms with E-state index < -0.39 is 23.7 Å². The van der Waals surface area contributed by atoms with E-state index in [9.17, 15) is 13.6 Å². The van der Waals surface area contributed by atoms with Crippen molar-refractivity contribution in [2.24, 2.45) is 0 Å². The molecule has 2 heterocycles.